The van der Waals surface area contributed by atoms with Crippen LogP contribution in [0.15, 0.2) is 0 Å². The molecule has 0 aliphatic carbocycles. The van der Waals surface area contributed by atoms with Crippen LogP contribution < -0.4 is 11.1 Å². The molecule has 1 amide bonds. The molecule has 3 N–H and O–H groups in total. The number of piperidine rings is 1. The SMILES string of the molecule is CC(C)NC(C)(C#N)CCN1CCCC(C(N)=O)C1. The number of carbonyl (C=O) groups excluding carboxylic acids is 1. The first kappa shape index (κ1) is 15.9. The molecular weight excluding hydrogens is 240 g/mol. The van der Waals surface area contributed by atoms with Gasteiger partial charge < -0.3 is 10.6 Å². The number of amides is 1. The standard InChI is InChI=1S/C14H26N4O/c1-11(2)17-14(3,10-15)6-8-18-7-4-5-12(9-18)13(16)19/h11-12,17H,4-9H2,1-3H3,(H2,16,19). The van der Waals surface area contributed by atoms with Crippen molar-refractivity contribution in [2.24, 2.45) is 11.7 Å². The number of nitrogens with two attached hydrogens (primary N) is 1. The molecule has 0 saturated carbocycles. The fraction of sp³-hybridized carbons (Fsp3) is 0.857. The molecule has 2 unspecified atom stereocenters. The second-order valence-electron chi connectivity index (χ2n) is 6.04. The van der Waals surface area contributed by atoms with Gasteiger partial charge in [-0.1, -0.05) is 0 Å². The number of nitrogens with one attached hydrogen (secondary N) is 1. The predicted octanol–water partition coefficient (Wildman–Crippen LogP) is 0.854. The molecule has 1 fully saturated rings. The maximum Gasteiger partial charge on any atom is 0.221 e. The summed E-state index contributed by atoms with van der Waals surface area (Å²) in [7, 11) is 0. The average molecular weight is 266 g/mol. The lowest BCUT2D eigenvalue weighted by Gasteiger charge is -2.34. The number of likely N-dealkylation sites (tertiary alicyclic amines) is 1. The third-order valence-corrected chi connectivity index (χ3v) is 3.69. The van der Waals surface area contributed by atoms with E-state index in [0.717, 1.165) is 38.9 Å². The van der Waals surface area contributed by atoms with E-state index in [0.29, 0.717) is 0 Å². The summed E-state index contributed by atoms with van der Waals surface area (Å²) < 4.78 is 0. The van der Waals surface area contributed by atoms with Crippen LogP contribution in [-0.2, 0) is 4.79 Å². The van der Waals surface area contributed by atoms with Gasteiger partial charge >= 0.3 is 0 Å². The Hall–Kier alpha value is -1.12. The van der Waals surface area contributed by atoms with Gasteiger partial charge in [0, 0.05) is 19.1 Å². The zero-order valence-corrected chi connectivity index (χ0v) is 12.3. The van der Waals surface area contributed by atoms with Crippen molar-refractivity contribution in [3.05, 3.63) is 0 Å². The van der Waals surface area contributed by atoms with E-state index >= 15 is 0 Å². The molecule has 1 rings (SSSR count). The van der Waals surface area contributed by atoms with Crippen molar-refractivity contribution < 1.29 is 4.79 Å². The van der Waals surface area contributed by atoms with Crippen LogP contribution in [0.2, 0.25) is 0 Å². The lowest BCUT2D eigenvalue weighted by Crippen LogP contribution is -2.48. The van der Waals surface area contributed by atoms with Crippen molar-refractivity contribution in [3.8, 4) is 6.07 Å². The van der Waals surface area contributed by atoms with E-state index in [1.165, 1.54) is 0 Å². The molecule has 2 atom stereocenters. The summed E-state index contributed by atoms with van der Waals surface area (Å²) in [6, 6.07) is 2.64. The second-order valence-corrected chi connectivity index (χ2v) is 6.04. The monoisotopic (exact) mass is 266 g/mol. The molecule has 0 aromatic rings. The number of primary amides is 1. The molecule has 0 radical (unpaired) electrons. The number of hydrogen-bond acceptors (Lipinski definition) is 4. The Bertz CT molecular complexity index is 350. The van der Waals surface area contributed by atoms with E-state index in [-0.39, 0.29) is 17.9 Å². The van der Waals surface area contributed by atoms with Gasteiger partial charge in [0.1, 0.15) is 5.54 Å². The number of hydrogen-bond donors (Lipinski definition) is 2. The van der Waals surface area contributed by atoms with Crippen molar-refractivity contribution in [2.45, 2.75) is 51.6 Å². The molecule has 1 heterocycles. The van der Waals surface area contributed by atoms with Gasteiger partial charge in [0.2, 0.25) is 5.91 Å². The van der Waals surface area contributed by atoms with E-state index in [9.17, 15) is 10.1 Å². The predicted molar refractivity (Wildman–Crippen MR) is 75.3 cm³/mol. The fourth-order valence-corrected chi connectivity index (χ4v) is 2.67. The van der Waals surface area contributed by atoms with Crippen molar-refractivity contribution in [1.29, 1.82) is 5.26 Å². The van der Waals surface area contributed by atoms with E-state index in [1.807, 2.05) is 20.8 Å². The highest BCUT2D eigenvalue weighted by Gasteiger charge is 2.28. The summed E-state index contributed by atoms with van der Waals surface area (Å²) in [5, 5.41) is 12.6. The van der Waals surface area contributed by atoms with Crippen LogP contribution in [0.5, 0.6) is 0 Å². The van der Waals surface area contributed by atoms with Gasteiger partial charge in [-0.05, 0) is 46.6 Å². The molecule has 0 aromatic heterocycles. The molecule has 108 valence electrons. The Kier molecular flexibility index (Phi) is 5.77. The maximum atomic E-state index is 11.2. The molecular formula is C14H26N4O. The lowest BCUT2D eigenvalue weighted by atomic mass is 9.94. The van der Waals surface area contributed by atoms with Gasteiger partial charge in [0.15, 0.2) is 0 Å². The van der Waals surface area contributed by atoms with Crippen molar-refractivity contribution in [1.82, 2.24) is 10.2 Å². The highest BCUT2D eigenvalue weighted by molar-refractivity contribution is 5.76. The summed E-state index contributed by atoms with van der Waals surface area (Å²) in [6.45, 7) is 8.57. The molecule has 5 nitrogen and oxygen atoms in total. The van der Waals surface area contributed by atoms with Crippen LogP contribution in [0, 0.1) is 17.2 Å². The van der Waals surface area contributed by atoms with E-state index in [2.05, 4.69) is 16.3 Å². The molecule has 0 aromatic carbocycles. The van der Waals surface area contributed by atoms with Gasteiger partial charge in [0.25, 0.3) is 0 Å². The minimum Gasteiger partial charge on any atom is -0.369 e. The largest absolute Gasteiger partial charge is 0.369 e. The number of nitriles is 1. The van der Waals surface area contributed by atoms with Gasteiger partial charge in [-0.15, -0.1) is 0 Å². The third kappa shape index (κ3) is 5.17. The second kappa shape index (κ2) is 6.88. The zero-order valence-electron chi connectivity index (χ0n) is 12.3. The Morgan fingerprint density at radius 1 is 1.63 bits per heavy atom. The van der Waals surface area contributed by atoms with Gasteiger partial charge in [-0.3, -0.25) is 10.1 Å². The van der Waals surface area contributed by atoms with Gasteiger partial charge in [-0.25, -0.2) is 0 Å². The van der Waals surface area contributed by atoms with Gasteiger partial charge in [-0.2, -0.15) is 5.26 Å². The zero-order chi connectivity index (χ0) is 14.5. The Labute approximate surface area is 116 Å². The Morgan fingerprint density at radius 3 is 2.84 bits per heavy atom. The Balaban J connectivity index is 2.47. The quantitative estimate of drug-likeness (QED) is 0.747. The summed E-state index contributed by atoms with van der Waals surface area (Å²) >= 11 is 0. The summed E-state index contributed by atoms with van der Waals surface area (Å²) in [6.07, 6.45) is 2.66. The lowest BCUT2D eigenvalue weighted by molar-refractivity contribution is -0.123. The Morgan fingerprint density at radius 2 is 2.32 bits per heavy atom. The highest BCUT2D eigenvalue weighted by atomic mass is 16.1. The maximum absolute atomic E-state index is 11.2. The first-order valence-corrected chi connectivity index (χ1v) is 7.07. The van der Waals surface area contributed by atoms with Crippen molar-refractivity contribution in [2.75, 3.05) is 19.6 Å². The molecule has 5 heteroatoms. The number of carbonyl (C=O) groups is 1. The first-order valence-electron chi connectivity index (χ1n) is 7.07. The van der Waals surface area contributed by atoms with Crippen LogP contribution in [0.3, 0.4) is 0 Å². The molecule has 1 aliphatic heterocycles. The topological polar surface area (TPSA) is 82.2 Å². The average Bonchev–Trinajstić information content (AvgIpc) is 2.36. The number of nitrogens with zero attached hydrogens (tertiary/aromatic N) is 2. The van der Waals surface area contributed by atoms with Crippen LogP contribution in [0.25, 0.3) is 0 Å². The van der Waals surface area contributed by atoms with Crippen LogP contribution in [-0.4, -0.2) is 42.0 Å². The van der Waals surface area contributed by atoms with Crippen molar-refractivity contribution in [3.63, 3.8) is 0 Å². The summed E-state index contributed by atoms with van der Waals surface area (Å²) in [4.78, 5) is 13.5. The molecule has 19 heavy (non-hydrogen) atoms. The number of rotatable bonds is 6. The minimum absolute atomic E-state index is 0.0276. The summed E-state index contributed by atoms with van der Waals surface area (Å²) in [5.41, 5.74) is 4.87. The highest BCUT2D eigenvalue weighted by Crippen LogP contribution is 2.18. The van der Waals surface area contributed by atoms with E-state index in [1.54, 1.807) is 0 Å². The van der Waals surface area contributed by atoms with E-state index in [4.69, 9.17) is 5.73 Å². The normalized spacial score (nSPS) is 23.8. The van der Waals surface area contributed by atoms with Crippen LogP contribution in [0.4, 0.5) is 0 Å². The van der Waals surface area contributed by atoms with Gasteiger partial charge in [0.05, 0.1) is 12.0 Å². The van der Waals surface area contributed by atoms with Crippen molar-refractivity contribution >= 4 is 5.91 Å². The molecule has 1 saturated heterocycles. The van der Waals surface area contributed by atoms with Crippen LogP contribution >= 0.6 is 0 Å². The smallest absolute Gasteiger partial charge is 0.221 e. The first-order chi connectivity index (χ1) is 8.86. The molecule has 0 bridgehead atoms. The minimum atomic E-state index is -0.506. The van der Waals surface area contributed by atoms with E-state index < -0.39 is 5.54 Å². The van der Waals surface area contributed by atoms with Crippen LogP contribution in [0.1, 0.15) is 40.0 Å². The summed E-state index contributed by atoms with van der Waals surface area (Å²) in [5.74, 6) is -0.229. The molecule has 0 spiro atoms. The fourth-order valence-electron chi connectivity index (χ4n) is 2.67. The molecule has 1 aliphatic rings. The third-order valence-electron chi connectivity index (χ3n) is 3.69.